The number of hydrogen-bond acceptors (Lipinski definition) is 1. The van der Waals surface area contributed by atoms with E-state index >= 15 is 0 Å². The Morgan fingerprint density at radius 2 is 1.32 bits per heavy atom. The van der Waals surface area contributed by atoms with Crippen molar-refractivity contribution in [2.24, 2.45) is 4.99 Å². The molecule has 1 heteroatoms. The van der Waals surface area contributed by atoms with E-state index in [9.17, 15) is 0 Å². The highest BCUT2D eigenvalue weighted by atomic mass is 14.8. The van der Waals surface area contributed by atoms with Gasteiger partial charge in [-0.05, 0) is 52.5 Å². The van der Waals surface area contributed by atoms with Crippen molar-refractivity contribution >= 4 is 6.21 Å². The van der Waals surface area contributed by atoms with Gasteiger partial charge in [0.2, 0.25) is 0 Å². The summed E-state index contributed by atoms with van der Waals surface area (Å²) in [4.78, 5) is 4.87. The van der Waals surface area contributed by atoms with E-state index in [4.69, 9.17) is 4.99 Å². The zero-order chi connectivity index (χ0) is 16.4. The van der Waals surface area contributed by atoms with Crippen molar-refractivity contribution in [3.63, 3.8) is 0 Å². The van der Waals surface area contributed by atoms with E-state index in [-0.39, 0.29) is 10.8 Å². The van der Waals surface area contributed by atoms with E-state index in [1.807, 2.05) is 0 Å². The largest absolute Gasteiger partial charge is 0.289 e. The number of rotatable bonds is 2. The molecule has 1 nitrogen and oxygen atoms in total. The third kappa shape index (κ3) is 4.69. The molecule has 0 heterocycles. The molecule has 0 aromatic heterocycles. The van der Waals surface area contributed by atoms with Crippen molar-refractivity contribution in [1.82, 2.24) is 0 Å². The van der Waals surface area contributed by atoms with E-state index in [1.165, 1.54) is 48.8 Å². The fourth-order valence-electron chi connectivity index (χ4n) is 3.01. The molecule has 1 saturated carbocycles. The van der Waals surface area contributed by atoms with Crippen molar-refractivity contribution in [1.29, 1.82) is 0 Å². The molecule has 122 valence electrons. The second-order valence-electron chi connectivity index (χ2n) is 8.91. The summed E-state index contributed by atoms with van der Waals surface area (Å²) in [5, 5.41) is 0. The number of nitrogens with zero attached hydrogens (tertiary/aromatic N) is 1. The number of benzene rings is 1. The van der Waals surface area contributed by atoms with Gasteiger partial charge < -0.3 is 0 Å². The lowest BCUT2D eigenvalue weighted by Crippen LogP contribution is -2.17. The molecule has 0 saturated heterocycles. The minimum atomic E-state index is 0.175. The lowest BCUT2D eigenvalue weighted by molar-refractivity contribution is 0.444. The lowest BCUT2D eigenvalue weighted by atomic mass is 9.79. The first kappa shape index (κ1) is 17.2. The highest BCUT2D eigenvalue weighted by molar-refractivity contribution is 5.80. The van der Waals surface area contributed by atoms with E-state index in [0.717, 1.165) is 0 Å². The van der Waals surface area contributed by atoms with Gasteiger partial charge in [0.1, 0.15) is 0 Å². The highest BCUT2D eigenvalue weighted by Gasteiger charge is 2.20. The van der Waals surface area contributed by atoms with Crippen molar-refractivity contribution in [2.75, 3.05) is 0 Å². The van der Waals surface area contributed by atoms with Crippen LogP contribution in [-0.2, 0) is 10.8 Å². The maximum atomic E-state index is 4.87. The summed E-state index contributed by atoms with van der Waals surface area (Å²) < 4.78 is 0. The standard InChI is InChI=1S/C21H33N/c1-20(2,3)17-12-16(13-18(14-17)21(4,5)6)15-22-19-10-8-7-9-11-19/h12-15,19H,7-11H2,1-6H3. The molecule has 0 amide bonds. The minimum Gasteiger partial charge on any atom is -0.289 e. The van der Waals surface area contributed by atoms with Crippen LogP contribution in [0, 0.1) is 0 Å². The Morgan fingerprint density at radius 1 is 0.818 bits per heavy atom. The first-order valence-corrected chi connectivity index (χ1v) is 8.85. The van der Waals surface area contributed by atoms with Crippen LogP contribution in [-0.4, -0.2) is 12.3 Å². The van der Waals surface area contributed by atoms with Crippen LogP contribution in [0.5, 0.6) is 0 Å². The zero-order valence-corrected chi connectivity index (χ0v) is 15.4. The van der Waals surface area contributed by atoms with Gasteiger partial charge in [0, 0.05) is 12.3 Å². The van der Waals surface area contributed by atoms with Crippen LogP contribution < -0.4 is 0 Å². The highest BCUT2D eigenvalue weighted by Crippen LogP contribution is 2.30. The first-order chi connectivity index (χ1) is 10.2. The molecule has 2 rings (SSSR count). The molecule has 0 spiro atoms. The molecule has 0 bridgehead atoms. The molecule has 0 atom stereocenters. The van der Waals surface area contributed by atoms with Gasteiger partial charge in [-0.2, -0.15) is 0 Å². The van der Waals surface area contributed by atoms with Gasteiger partial charge in [-0.15, -0.1) is 0 Å². The summed E-state index contributed by atoms with van der Waals surface area (Å²) in [5.74, 6) is 0. The summed E-state index contributed by atoms with van der Waals surface area (Å²) in [7, 11) is 0. The van der Waals surface area contributed by atoms with Gasteiger partial charge in [-0.1, -0.05) is 66.9 Å². The number of aliphatic imine (C=N–C) groups is 1. The Hall–Kier alpha value is -1.11. The predicted molar refractivity (Wildman–Crippen MR) is 98.3 cm³/mol. The molecule has 0 unspecified atom stereocenters. The summed E-state index contributed by atoms with van der Waals surface area (Å²) in [6.07, 6.45) is 8.73. The van der Waals surface area contributed by atoms with Crippen molar-refractivity contribution in [2.45, 2.75) is 90.5 Å². The third-order valence-electron chi connectivity index (χ3n) is 4.70. The molecule has 1 aromatic carbocycles. The molecular formula is C21H33N. The van der Waals surface area contributed by atoms with Crippen molar-refractivity contribution in [3.05, 3.63) is 34.9 Å². The maximum Gasteiger partial charge on any atom is 0.0499 e. The smallest absolute Gasteiger partial charge is 0.0499 e. The van der Waals surface area contributed by atoms with Crippen LogP contribution in [0.4, 0.5) is 0 Å². The fourth-order valence-corrected chi connectivity index (χ4v) is 3.01. The zero-order valence-electron chi connectivity index (χ0n) is 15.4. The van der Waals surface area contributed by atoms with Crippen molar-refractivity contribution < 1.29 is 0 Å². The van der Waals surface area contributed by atoms with Gasteiger partial charge >= 0.3 is 0 Å². The van der Waals surface area contributed by atoms with E-state index in [0.29, 0.717) is 6.04 Å². The average Bonchev–Trinajstić information content (AvgIpc) is 2.44. The van der Waals surface area contributed by atoms with E-state index in [2.05, 4.69) is 66.0 Å². The van der Waals surface area contributed by atoms with Crippen LogP contribution >= 0.6 is 0 Å². The quantitative estimate of drug-likeness (QED) is 0.591. The molecular weight excluding hydrogens is 266 g/mol. The molecule has 1 aliphatic carbocycles. The Kier molecular flexibility index (Phi) is 5.14. The third-order valence-corrected chi connectivity index (χ3v) is 4.70. The Labute approximate surface area is 137 Å². The molecule has 22 heavy (non-hydrogen) atoms. The summed E-state index contributed by atoms with van der Waals surface area (Å²) in [6.45, 7) is 13.7. The molecule has 1 fully saturated rings. The van der Waals surface area contributed by atoms with Crippen LogP contribution in [0.3, 0.4) is 0 Å². The first-order valence-electron chi connectivity index (χ1n) is 8.85. The fraction of sp³-hybridized carbons (Fsp3) is 0.667. The molecule has 0 radical (unpaired) electrons. The Balaban J connectivity index is 2.31. The molecule has 1 aliphatic rings. The van der Waals surface area contributed by atoms with Gasteiger partial charge in [0.15, 0.2) is 0 Å². The summed E-state index contributed by atoms with van der Waals surface area (Å²) in [5.41, 5.74) is 4.43. The lowest BCUT2D eigenvalue weighted by Gasteiger charge is -2.26. The summed E-state index contributed by atoms with van der Waals surface area (Å²) in [6, 6.07) is 7.56. The van der Waals surface area contributed by atoms with Gasteiger partial charge in [-0.3, -0.25) is 4.99 Å². The minimum absolute atomic E-state index is 0.175. The Morgan fingerprint density at radius 3 is 1.77 bits per heavy atom. The van der Waals surface area contributed by atoms with Crippen LogP contribution in [0.2, 0.25) is 0 Å². The van der Waals surface area contributed by atoms with Crippen LogP contribution in [0.1, 0.15) is 90.3 Å². The van der Waals surface area contributed by atoms with Crippen LogP contribution in [0.15, 0.2) is 23.2 Å². The molecule has 1 aromatic rings. The summed E-state index contributed by atoms with van der Waals surface area (Å²) >= 11 is 0. The second-order valence-corrected chi connectivity index (χ2v) is 8.91. The average molecular weight is 300 g/mol. The van der Waals surface area contributed by atoms with E-state index < -0.39 is 0 Å². The maximum absolute atomic E-state index is 4.87. The molecule has 0 aliphatic heterocycles. The van der Waals surface area contributed by atoms with Gasteiger partial charge in [0.05, 0.1) is 0 Å². The monoisotopic (exact) mass is 299 g/mol. The normalized spacial score (nSPS) is 18.1. The predicted octanol–water partition coefficient (Wildman–Crippen LogP) is 6.03. The van der Waals surface area contributed by atoms with Gasteiger partial charge in [0.25, 0.3) is 0 Å². The second kappa shape index (κ2) is 6.56. The number of hydrogen-bond donors (Lipinski definition) is 0. The molecule has 0 N–H and O–H groups in total. The van der Waals surface area contributed by atoms with E-state index in [1.54, 1.807) is 0 Å². The van der Waals surface area contributed by atoms with Crippen LogP contribution in [0.25, 0.3) is 0 Å². The van der Waals surface area contributed by atoms with Crippen molar-refractivity contribution in [3.8, 4) is 0 Å². The topological polar surface area (TPSA) is 12.4 Å². The Bertz CT molecular complexity index is 488. The van der Waals surface area contributed by atoms with Gasteiger partial charge in [-0.25, -0.2) is 0 Å². The SMILES string of the molecule is CC(C)(C)c1cc(C=NC2CCCCC2)cc(C(C)(C)C)c1.